The van der Waals surface area contributed by atoms with Gasteiger partial charge in [-0.3, -0.25) is 4.90 Å². The molecule has 2 atom stereocenters. The average molecular weight is 291 g/mol. The molecule has 4 heteroatoms. The van der Waals surface area contributed by atoms with E-state index in [2.05, 4.69) is 49.0 Å². The maximum absolute atomic E-state index is 6.06. The number of likely N-dealkylation sites (tertiary alicyclic amines) is 1. The lowest BCUT2D eigenvalue weighted by Gasteiger charge is -2.28. The Hall–Kier alpha value is -1.10. The molecule has 0 aromatic heterocycles. The summed E-state index contributed by atoms with van der Waals surface area (Å²) in [5.41, 5.74) is 7.33. The Morgan fingerprint density at radius 3 is 2.86 bits per heavy atom. The third-order valence-electron chi connectivity index (χ3n) is 4.30. The Bertz CT molecular complexity index is 436. The van der Waals surface area contributed by atoms with Crippen LogP contribution in [0, 0.1) is 0 Å². The summed E-state index contributed by atoms with van der Waals surface area (Å²) in [5, 5.41) is 0. The molecule has 1 aliphatic rings. The minimum atomic E-state index is 0.292. The standard InChI is InChI=1S/C17H29N3O/c1-4-10-21-16-7-5-6-14(11-16)17(12-18)20-9-8-15(13-20)19(2)3/h5-7,11,15,17H,4,8-10,12-13,18H2,1-3H3. The van der Waals surface area contributed by atoms with Crippen molar-refractivity contribution in [1.29, 1.82) is 0 Å². The Kier molecular flexibility index (Phi) is 6.03. The molecule has 1 aromatic rings. The summed E-state index contributed by atoms with van der Waals surface area (Å²) in [7, 11) is 4.32. The second-order valence-corrected chi connectivity index (χ2v) is 6.07. The zero-order valence-electron chi connectivity index (χ0n) is 13.6. The lowest BCUT2D eigenvalue weighted by molar-refractivity contribution is 0.220. The number of nitrogens with two attached hydrogens (primary N) is 1. The van der Waals surface area contributed by atoms with Gasteiger partial charge in [0.15, 0.2) is 0 Å². The van der Waals surface area contributed by atoms with Crippen LogP contribution in [0.4, 0.5) is 0 Å². The van der Waals surface area contributed by atoms with Gasteiger partial charge in [0.1, 0.15) is 5.75 Å². The lowest BCUT2D eigenvalue weighted by atomic mass is 10.1. The Morgan fingerprint density at radius 2 is 2.24 bits per heavy atom. The SMILES string of the molecule is CCCOc1cccc(C(CN)N2CCC(N(C)C)C2)c1. The summed E-state index contributed by atoms with van der Waals surface area (Å²) >= 11 is 0. The summed E-state index contributed by atoms with van der Waals surface area (Å²) in [4.78, 5) is 4.82. The summed E-state index contributed by atoms with van der Waals surface area (Å²) < 4.78 is 5.74. The molecule has 1 saturated heterocycles. The molecule has 0 spiro atoms. The van der Waals surface area contributed by atoms with E-state index in [0.29, 0.717) is 18.6 Å². The van der Waals surface area contributed by atoms with Gasteiger partial charge in [-0.05, 0) is 44.6 Å². The fraction of sp³-hybridized carbons (Fsp3) is 0.647. The zero-order valence-corrected chi connectivity index (χ0v) is 13.6. The molecule has 1 heterocycles. The van der Waals surface area contributed by atoms with Crippen LogP contribution in [-0.2, 0) is 0 Å². The van der Waals surface area contributed by atoms with Crippen molar-refractivity contribution < 1.29 is 4.74 Å². The molecule has 0 amide bonds. The van der Waals surface area contributed by atoms with E-state index in [9.17, 15) is 0 Å². The maximum Gasteiger partial charge on any atom is 0.119 e. The van der Waals surface area contributed by atoms with Gasteiger partial charge in [0.05, 0.1) is 6.61 Å². The molecule has 0 aliphatic carbocycles. The van der Waals surface area contributed by atoms with Crippen molar-refractivity contribution in [2.24, 2.45) is 5.73 Å². The fourth-order valence-electron chi connectivity index (χ4n) is 3.00. The van der Waals surface area contributed by atoms with Gasteiger partial charge in [-0.25, -0.2) is 0 Å². The Morgan fingerprint density at radius 1 is 1.43 bits per heavy atom. The molecule has 2 unspecified atom stereocenters. The van der Waals surface area contributed by atoms with Crippen molar-refractivity contribution in [3.63, 3.8) is 0 Å². The van der Waals surface area contributed by atoms with E-state index in [1.807, 2.05) is 6.07 Å². The number of benzene rings is 1. The van der Waals surface area contributed by atoms with Crippen molar-refractivity contribution in [2.45, 2.75) is 31.8 Å². The van der Waals surface area contributed by atoms with Gasteiger partial charge in [0.2, 0.25) is 0 Å². The molecule has 2 N–H and O–H groups in total. The minimum absolute atomic E-state index is 0.292. The first-order valence-corrected chi connectivity index (χ1v) is 7.99. The van der Waals surface area contributed by atoms with E-state index in [4.69, 9.17) is 10.5 Å². The van der Waals surface area contributed by atoms with Crippen LogP contribution in [0.25, 0.3) is 0 Å². The highest BCUT2D eigenvalue weighted by Crippen LogP contribution is 2.28. The number of hydrogen-bond acceptors (Lipinski definition) is 4. The predicted molar refractivity (Wildman–Crippen MR) is 87.7 cm³/mol. The Labute approximate surface area is 128 Å². The van der Waals surface area contributed by atoms with E-state index in [1.165, 1.54) is 12.0 Å². The quantitative estimate of drug-likeness (QED) is 0.835. The Balaban J connectivity index is 2.07. The summed E-state index contributed by atoms with van der Waals surface area (Å²) in [5.74, 6) is 0.955. The highest BCUT2D eigenvalue weighted by Gasteiger charge is 2.29. The van der Waals surface area contributed by atoms with E-state index in [1.54, 1.807) is 0 Å². The maximum atomic E-state index is 6.06. The van der Waals surface area contributed by atoms with E-state index in [0.717, 1.165) is 31.9 Å². The first kappa shape index (κ1) is 16.3. The van der Waals surface area contributed by atoms with Gasteiger partial charge in [-0.15, -0.1) is 0 Å². The molecular weight excluding hydrogens is 262 g/mol. The second kappa shape index (κ2) is 7.78. The number of rotatable bonds is 7. The van der Waals surface area contributed by atoms with Crippen molar-refractivity contribution in [3.8, 4) is 5.75 Å². The second-order valence-electron chi connectivity index (χ2n) is 6.07. The third-order valence-corrected chi connectivity index (χ3v) is 4.30. The van der Waals surface area contributed by atoms with Gasteiger partial charge >= 0.3 is 0 Å². The van der Waals surface area contributed by atoms with Crippen molar-refractivity contribution in [2.75, 3.05) is 40.3 Å². The normalized spacial score (nSPS) is 20.9. The van der Waals surface area contributed by atoms with Crippen molar-refractivity contribution in [3.05, 3.63) is 29.8 Å². The molecule has 1 aromatic carbocycles. The van der Waals surface area contributed by atoms with Gasteiger partial charge in [0.25, 0.3) is 0 Å². The van der Waals surface area contributed by atoms with Crippen LogP contribution in [0.2, 0.25) is 0 Å². The third kappa shape index (κ3) is 4.19. The molecule has 2 rings (SSSR count). The monoisotopic (exact) mass is 291 g/mol. The first-order valence-electron chi connectivity index (χ1n) is 7.99. The van der Waals surface area contributed by atoms with Gasteiger partial charge < -0.3 is 15.4 Å². The molecule has 1 aliphatic heterocycles. The van der Waals surface area contributed by atoms with Crippen molar-refractivity contribution >= 4 is 0 Å². The summed E-state index contributed by atoms with van der Waals surface area (Å²) in [6.07, 6.45) is 2.25. The van der Waals surface area contributed by atoms with Crippen LogP contribution in [-0.4, -0.2) is 56.2 Å². The summed E-state index contributed by atoms with van der Waals surface area (Å²) in [6, 6.07) is 9.34. The lowest BCUT2D eigenvalue weighted by Crippen LogP contribution is -2.36. The van der Waals surface area contributed by atoms with E-state index >= 15 is 0 Å². The smallest absolute Gasteiger partial charge is 0.119 e. The average Bonchev–Trinajstić information content (AvgIpc) is 2.96. The van der Waals surface area contributed by atoms with Crippen molar-refractivity contribution in [1.82, 2.24) is 9.80 Å². The summed E-state index contributed by atoms with van der Waals surface area (Å²) in [6.45, 7) is 5.75. The topological polar surface area (TPSA) is 41.7 Å². The number of ether oxygens (including phenoxy) is 1. The molecule has 4 nitrogen and oxygen atoms in total. The van der Waals surface area contributed by atoms with Crippen LogP contribution in [0.5, 0.6) is 5.75 Å². The largest absolute Gasteiger partial charge is 0.494 e. The van der Waals surface area contributed by atoms with Crippen LogP contribution in [0.1, 0.15) is 31.4 Å². The minimum Gasteiger partial charge on any atom is -0.494 e. The van der Waals surface area contributed by atoms with Crippen LogP contribution < -0.4 is 10.5 Å². The highest BCUT2D eigenvalue weighted by molar-refractivity contribution is 5.31. The first-order chi connectivity index (χ1) is 10.2. The van der Waals surface area contributed by atoms with Crippen LogP contribution >= 0.6 is 0 Å². The predicted octanol–water partition coefficient (Wildman–Crippen LogP) is 2.11. The molecule has 21 heavy (non-hydrogen) atoms. The molecule has 0 saturated carbocycles. The van der Waals surface area contributed by atoms with Crippen LogP contribution in [0.15, 0.2) is 24.3 Å². The molecule has 0 radical (unpaired) electrons. The van der Waals surface area contributed by atoms with Crippen LogP contribution in [0.3, 0.4) is 0 Å². The zero-order chi connectivity index (χ0) is 15.2. The van der Waals surface area contributed by atoms with E-state index in [-0.39, 0.29) is 0 Å². The molecule has 0 bridgehead atoms. The molecule has 1 fully saturated rings. The molecular formula is C17H29N3O. The highest BCUT2D eigenvalue weighted by atomic mass is 16.5. The van der Waals surface area contributed by atoms with Gasteiger partial charge in [-0.2, -0.15) is 0 Å². The number of nitrogens with zero attached hydrogens (tertiary/aromatic N) is 2. The van der Waals surface area contributed by atoms with E-state index < -0.39 is 0 Å². The number of likely N-dealkylation sites (N-methyl/N-ethyl adjacent to an activating group) is 1. The van der Waals surface area contributed by atoms with Gasteiger partial charge in [-0.1, -0.05) is 19.1 Å². The van der Waals surface area contributed by atoms with Gasteiger partial charge in [0, 0.05) is 31.7 Å². The number of hydrogen-bond donors (Lipinski definition) is 1. The molecule has 118 valence electrons. The fourth-order valence-corrected chi connectivity index (χ4v) is 3.00.